The van der Waals surface area contributed by atoms with Crippen LogP contribution in [-0.2, 0) is 0 Å². The van der Waals surface area contributed by atoms with Crippen LogP contribution in [0.15, 0.2) is 10.9 Å². The van der Waals surface area contributed by atoms with Crippen LogP contribution in [0.4, 0.5) is 5.82 Å². The van der Waals surface area contributed by atoms with Crippen LogP contribution < -0.4 is 15.8 Å². The van der Waals surface area contributed by atoms with Gasteiger partial charge in [0.1, 0.15) is 11.6 Å². The highest BCUT2D eigenvalue weighted by atomic mass is 16.1. The van der Waals surface area contributed by atoms with Crippen LogP contribution in [0.1, 0.15) is 51.3 Å². The number of anilines is 1. The summed E-state index contributed by atoms with van der Waals surface area (Å²) in [6.45, 7) is 7.42. The minimum absolute atomic E-state index is 0.0104. The lowest BCUT2D eigenvalue weighted by atomic mass is 9.91. The standard InChI is InChI=1S/C16H26N4O/c1-3-17-11(2)13-5-4-8-20(10-13)14-9-15(21)19-16(18-14)12-6-7-12/h9,11-13,17H,3-8,10H2,1-2H3,(H,18,19,21). The molecule has 3 rings (SSSR count). The fraction of sp³-hybridized carbons (Fsp3) is 0.750. The fourth-order valence-corrected chi connectivity index (χ4v) is 3.29. The maximum absolute atomic E-state index is 11.9. The Hall–Kier alpha value is -1.36. The Balaban J connectivity index is 1.75. The molecule has 2 N–H and O–H groups in total. The van der Waals surface area contributed by atoms with Gasteiger partial charge in [-0.1, -0.05) is 6.92 Å². The molecule has 21 heavy (non-hydrogen) atoms. The van der Waals surface area contributed by atoms with Gasteiger partial charge in [0.15, 0.2) is 0 Å². The van der Waals surface area contributed by atoms with E-state index >= 15 is 0 Å². The van der Waals surface area contributed by atoms with Gasteiger partial charge in [0, 0.05) is 31.1 Å². The summed E-state index contributed by atoms with van der Waals surface area (Å²) in [6.07, 6.45) is 4.75. The number of aromatic amines is 1. The average molecular weight is 290 g/mol. The Morgan fingerprint density at radius 1 is 1.48 bits per heavy atom. The third kappa shape index (κ3) is 3.46. The zero-order valence-electron chi connectivity index (χ0n) is 13.1. The zero-order chi connectivity index (χ0) is 14.8. The average Bonchev–Trinajstić information content (AvgIpc) is 3.32. The summed E-state index contributed by atoms with van der Waals surface area (Å²) in [5.74, 6) is 2.87. The third-order valence-corrected chi connectivity index (χ3v) is 4.73. The molecular weight excluding hydrogens is 264 g/mol. The number of piperidine rings is 1. The molecule has 5 heteroatoms. The number of H-pyrrole nitrogens is 1. The number of rotatable bonds is 5. The predicted molar refractivity (Wildman–Crippen MR) is 84.9 cm³/mol. The summed E-state index contributed by atoms with van der Waals surface area (Å²) in [7, 11) is 0. The van der Waals surface area contributed by atoms with Gasteiger partial charge in [-0.25, -0.2) is 4.98 Å². The molecule has 5 nitrogen and oxygen atoms in total. The molecule has 2 heterocycles. The minimum Gasteiger partial charge on any atom is -0.356 e. The summed E-state index contributed by atoms with van der Waals surface area (Å²) in [4.78, 5) is 21.8. The quantitative estimate of drug-likeness (QED) is 0.869. The first-order valence-corrected chi connectivity index (χ1v) is 8.27. The van der Waals surface area contributed by atoms with Gasteiger partial charge in [0.2, 0.25) is 0 Å². The number of nitrogens with one attached hydrogen (secondary N) is 2. The topological polar surface area (TPSA) is 61.0 Å². The first-order chi connectivity index (χ1) is 10.2. The van der Waals surface area contributed by atoms with Crippen molar-refractivity contribution < 1.29 is 0 Å². The van der Waals surface area contributed by atoms with Gasteiger partial charge in [-0.2, -0.15) is 0 Å². The second-order valence-corrected chi connectivity index (χ2v) is 6.46. The van der Waals surface area contributed by atoms with E-state index in [1.165, 1.54) is 12.8 Å². The Bertz CT molecular complexity index is 537. The summed E-state index contributed by atoms with van der Waals surface area (Å²) in [5.41, 5.74) is -0.0104. The Morgan fingerprint density at radius 2 is 2.29 bits per heavy atom. The van der Waals surface area contributed by atoms with E-state index < -0.39 is 0 Å². The molecule has 2 unspecified atom stereocenters. The maximum Gasteiger partial charge on any atom is 0.252 e. The first kappa shape index (κ1) is 14.6. The number of aromatic nitrogens is 2. The van der Waals surface area contributed by atoms with Crippen molar-refractivity contribution in [3.05, 3.63) is 22.2 Å². The maximum atomic E-state index is 11.9. The third-order valence-electron chi connectivity index (χ3n) is 4.73. The molecule has 2 fully saturated rings. The lowest BCUT2D eigenvalue weighted by Gasteiger charge is -2.36. The van der Waals surface area contributed by atoms with Gasteiger partial charge in [0.05, 0.1) is 0 Å². The largest absolute Gasteiger partial charge is 0.356 e. The highest BCUT2D eigenvalue weighted by Crippen LogP contribution is 2.38. The van der Waals surface area contributed by atoms with Crippen LogP contribution in [0.3, 0.4) is 0 Å². The molecule has 1 aromatic heterocycles. The molecule has 1 aliphatic carbocycles. The van der Waals surface area contributed by atoms with Crippen LogP contribution in [0.5, 0.6) is 0 Å². The Kier molecular flexibility index (Phi) is 4.29. The summed E-state index contributed by atoms with van der Waals surface area (Å²) >= 11 is 0. The predicted octanol–water partition coefficient (Wildman–Crippen LogP) is 1.86. The summed E-state index contributed by atoms with van der Waals surface area (Å²) in [5, 5.41) is 3.52. The van der Waals surface area contributed by atoms with Crippen molar-refractivity contribution in [3.8, 4) is 0 Å². The monoisotopic (exact) mass is 290 g/mol. The molecule has 0 radical (unpaired) electrons. The van der Waals surface area contributed by atoms with E-state index in [9.17, 15) is 4.79 Å². The zero-order valence-corrected chi connectivity index (χ0v) is 13.1. The van der Waals surface area contributed by atoms with Crippen LogP contribution in [0.25, 0.3) is 0 Å². The SMILES string of the molecule is CCNC(C)C1CCCN(c2cc(=O)[nH]c(C3CC3)n2)C1. The van der Waals surface area contributed by atoms with Gasteiger partial charge in [-0.15, -0.1) is 0 Å². The van der Waals surface area contributed by atoms with E-state index in [-0.39, 0.29) is 5.56 Å². The van der Waals surface area contributed by atoms with E-state index in [2.05, 4.69) is 29.0 Å². The molecule has 1 saturated carbocycles. The molecule has 116 valence electrons. The van der Waals surface area contributed by atoms with Crippen LogP contribution in [0, 0.1) is 5.92 Å². The van der Waals surface area contributed by atoms with Crippen molar-refractivity contribution in [2.45, 2.75) is 51.5 Å². The second kappa shape index (κ2) is 6.18. The first-order valence-electron chi connectivity index (χ1n) is 8.27. The summed E-state index contributed by atoms with van der Waals surface area (Å²) < 4.78 is 0. The van der Waals surface area contributed by atoms with E-state index in [0.29, 0.717) is 17.9 Å². The number of hydrogen-bond donors (Lipinski definition) is 2. The van der Waals surface area contributed by atoms with Crippen LogP contribution in [-0.4, -0.2) is 35.6 Å². The van der Waals surface area contributed by atoms with E-state index in [1.807, 2.05) is 0 Å². The molecule has 0 bridgehead atoms. The van der Waals surface area contributed by atoms with Crippen molar-refractivity contribution in [1.82, 2.24) is 15.3 Å². The normalized spacial score (nSPS) is 24.1. The molecule has 2 aliphatic rings. The van der Waals surface area contributed by atoms with Gasteiger partial charge in [0.25, 0.3) is 5.56 Å². The van der Waals surface area contributed by atoms with Crippen LogP contribution in [0.2, 0.25) is 0 Å². The van der Waals surface area contributed by atoms with Crippen molar-refractivity contribution in [2.24, 2.45) is 5.92 Å². The van der Waals surface area contributed by atoms with Crippen molar-refractivity contribution in [3.63, 3.8) is 0 Å². The number of hydrogen-bond acceptors (Lipinski definition) is 4. The number of nitrogens with zero attached hydrogens (tertiary/aromatic N) is 2. The molecule has 0 aromatic carbocycles. The Morgan fingerprint density at radius 3 is 3.00 bits per heavy atom. The van der Waals surface area contributed by atoms with E-state index in [1.54, 1.807) is 6.07 Å². The molecule has 1 aliphatic heterocycles. The van der Waals surface area contributed by atoms with Crippen molar-refractivity contribution in [2.75, 3.05) is 24.5 Å². The second-order valence-electron chi connectivity index (χ2n) is 6.46. The highest BCUT2D eigenvalue weighted by Gasteiger charge is 2.29. The van der Waals surface area contributed by atoms with E-state index in [0.717, 1.165) is 44.1 Å². The fourth-order valence-electron chi connectivity index (χ4n) is 3.29. The molecule has 0 spiro atoms. The van der Waals surface area contributed by atoms with Crippen molar-refractivity contribution in [1.29, 1.82) is 0 Å². The van der Waals surface area contributed by atoms with Crippen LogP contribution >= 0.6 is 0 Å². The summed E-state index contributed by atoms with van der Waals surface area (Å²) in [6, 6.07) is 2.18. The van der Waals surface area contributed by atoms with Gasteiger partial charge in [-0.3, -0.25) is 4.79 Å². The molecule has 1 saturated heterocycles. The molecule has 0 amide bonds. The van der Waals surface area contributed by atoms with Crippen molar-refractivity contribution >= 4 is 5.82 Å². The lowest BCUT2D eigenvalue weighted by molar-refractivity contribution is 0.323. The Labute approximate surface area is 126 Å². The van der Waals surface area contributed by atoms with Gasteiger partial charge < -0.3 is 15.2 Å². The molecule has 1 aromatic rings. The molecule has 2 atom stereocenters. The molecular formula is C16H26N4O. The van der Waals surface area contributed by atoms with E-state index in [4.69, 9.17) is 4.98 Å². The smallest absolute Gasteiger partial charge is 0.252 e. The lowest BCUT2D eigenvalue weighted by Crippen LogP contribution is -2.45. The highest BCUT2D eigenvalue weighted by molar-refractivity contribution is 5.39. The van der Waals surface area contributed by atoms with Gasteiger partial charge >= 0.3 is 0 Å². The van der Waals surface area contributed by atoms with Gasteiger partial charge in [-0.05, 0) is 45.1 Å². The minimum atomic E-state index is -0.0104.